The maximum atomic E-state index is 12.3. The SMILES string of the molecule is O=C(CNC(=O)c1sc2ccccc2c1Cl)OCCOc1ccc(Cl)cc1Cl. The molecule has 0 bridgehead atoms. The van der Waals surface area contributed by atoms with Crippen LogP contribution >= 0.6 is 46.1 Å². The fraction of sp³-hybridized carbons (Fsp3) is 0.158. The van der Waals surface area contributed by atoms with Crippen molar-refractivity contribution >= 4 is 68.1 Å². The van der Waals surface area contributed by atoms with Gasteiger partial charge in [0.2, 0.25) is 0 Å². The maximum absolute atomic E-state index is 12.3. The molecule has 1 N–H and O–H groups in total. The second-order valence-corrected chi connectivity index (χ2v) is 7.84. The summed E-state index contributed by atoms with van der Waals surface area (Å²) < 4.78 is 11.3. The van der Waals surface area contributed by atoms with Crippen molar-refractivity contribution in [1.82, 2.24) is 5.32 Å². The van der Waals surface area contributed by atoms with E-state index in [1.807, 2.05) is 24.3 Å². The molecular formula is C19H14Cl3NO4S. The zero-order valence-electron chi connectivity index (χ0n) is 14.3. The van der Waals surface area contributed by atoms with Gasteiger partial charge in [-0.3, -0.25) is 9.59 Å². The lowest BCUT2D eigenvalue weighted by Crippen LogP contribution is -2.31. The van der Waals surface area contributed by atoms with E-state index in [9.17, 15) is 9.59 Å². The van der Waals surface area contributed by atoms with E-state index in [1.54, 1.807) is 18.2 Å². The van der Waals surface area contributed by atoms with Crippen LogP contribution in [0.3, 0.4) is 0 Å². The minimum absolute atomic E-state index is 0.0112. The molecule has 28 heavy (non-hydrogen) atoms. The quantitative estimate of drug-likeness (QED) is 0.390. The van der Waals surface area contributed by atoms with Crippen LogP contribution in [0.5, 0.6) is 5.75 Å². The van der Waals surface area contributed by atoms with Crippen molar-refractivity contribution < 1.29 is 19.1 Å². The summed E-state index contributed by atoms with van der Waals surface area (Å²) in [7, 11) is 0. The lowest BCUT2D eigenvalue weighted by atomic mass is 10.2. The van der Waals surface area contributed by atoms with Gasteiger partial charge in [-0.25, -0.2) is 0 Å². The number of nitrogens with one attached hydrogen (secondary N) is 1. The molecule has 3 rings (SSSR count). The zero-order valence-corrected chi connectivity index (χ0v) is 17.4. The van der Waals surface area contributed by atoms with Gasteiger partial charge in [-0.15, -0.1) is 11.3 Å². The molecule has 0 unspecified atom stereocenters. The van der Waals surface area contributed by atoms with Crippen molar-refractivity contribution in [3.05, 3.63) is 62.4 Å². The third-order valence-electron chi connectivity index (χ3n) is 3.63. The standard InChI is InChI=1S/C19H14Cl3NO4S/c20-11-5-6-14(13(21)9-11)26-7-8-27-16(24)10-23-19(25)18-17(22)12-3-1-2-4-15(12)28-18/h1-6,9H,7-8,10H2,(H,23,25). The average molecular weight is 459 g/mol. The smallest absolute Gasteiger partial charge is 0.325 e. The monoisotopic (exact) mass is 457 g/mol. The van der Waals surface area contributed by atoms with Crippen molar-refractivity contribution in [3.8, 4) is 5.75 Å². The average Bonchev–Trinajstić information content (AvgIpc) is 3.02. The van der Waals surface area contributed by atoms with E-state index in [2.05, 4.69) is 5.32 Å². The third-order valence-corrected chi connectivity index (χ3v) is 5.84. The van der Waals surface area contributed by atoms with Crippen molar-refractivity contribution in [2.24, 2.45) is 0 Å². The normalized spacial score (nSPS) is 10.7. The summed E-state index contributed by atoms with van der Waals surface area (Å²) in [5.74, 6) is -0.571. The number of carbonyl (C=O) groups excluding carboxylic acids is 2. The Morgan fingerprint density at radius 2 is 1.82 bits per heavy atom. The molecule has 3 aromatic rings. The molecule has 0 fully saturated rings. The van der Waals surface area contributed by atoms with Gasteiger partial charge >= 0.3 is 5.97 Å². The lowest BCUT2D eigenvalue weighted by molar-refractivity contribution is -0.143. The van der Waals surface area contributed by atoms with Crippen LogP contribution in [0.1, 0.15) is 9.67 Å². The van der Waals surface area contributed by atoms with Gasteiger partial charge in [0.25, 0.3) is 5.91 Å². The van der Waals surface area contributed by atoms with E-state index >= 15 is 0 Å². The highest BCUT2D eigenvalue weighted by Crippen LogP contribution is 2.34. The number of hydrogen-bond acceptors (Lipinski definition) is 5. The number of ether oxygens (including phenoxy) is 2. The van der Waals surface area contributed by atoms with E-state index in [1.165, 1.54) is 11.3 Å². The van der Waals surface area contributed by atoms with Gasteiger partial charge in [-0.1, -0.05) is 53.0 Å². The second-order valence-electron chi connectivity index (χ2n) is 5.57. The molecule has 0 aliphatic rings. The molecule has 0 spiro atoms. The summed E-state index contributed by atoms with van der Waals surface area (Å²) >= 11 is 19.3. The number of carbonyl (C=O) groups is 2. The molecule has 0 aliphatic heterocycles. The predicted molar refractivity (Wildman–Crippen MR) is 112 cm³/mol. The Hall–Kier alpha value is -1.99. The number of amides is 1. The largest absolute Gasteiger partial charge is 0.488 e. The number of thiophene rings is 1. The van der Waals surface area contributed by atoms with Crippen LogP contribution in [0, 0.1) is 0 Å². The first-order valence-electron chi connectivity index (χ1n) is 8.14. The number of hydrogen-bond donors (Lipinski definition) is 1. The minimum Gasteiger partial charge on any atom is -0.488 e. The Labute approximate surface area is 180 Å². The molecule has 0 saturated carbocycles. The van der Waals surface area contributed by atoms with Gasteiger partial charge in [0.1, 0.15) is 30.4 Å². The molecule has 1 amide bonds. The van der Waals surface area contributed by atoms with Crippen LogP contribution < -0.4 is 10.1 Å². The molecule has 9 heteroatoms. The summed E-state index contributed by atoms with van der Waals surface area (Å²) in [6, 6.07) is 12.3. The molecule has 5 nitrogen and oxygen atoms in total. The molecule has 0 atom stereocenters. The Morgan fingerprint density at radius 1 is 1.04 bits per heavy atom. The summed E-state index contributed by atoms with van der Waals surface area (Å²) in [5, 5.41) is 4.56. The van der Waals surface area contributed by atoms with Gasteiger partial charge in [-0.2, -0.15) is 0 Å². The predicted octanol–water partition coefficient (Wildman–Crippen LogP) is 5.21. The molecule has 2 aromatic carbocycles. The Balaban J connectivity index is 1.43. The Bertz CT molecular complexity index is 1020. The fourth-order valence-electron chi connectivity index (χ4n) is 2.34. The van der Waals surface area contributed by atoms with E-state index in [0.29, 0.717) is 25.7 Å². The van der Waals surface area contributed by atoms with E-state index in [4.69, 9.17) is 44.3 Å². The Morgan fingerprint density at radius 3 is 2.57 bits per heavy atom. The summed E-state index contributed by atoms with van der Waals surface area (Å²) in [6.07, 6.45) is 0. The number of halogens is 3. The molecule has 1 aromatic heterocycles. The molecule has 0 radical (unpaired) electrons. The van der Waals surface area contributed by atoms with Gasteiger partial charge in [-0.05, 0) is 24.3 Å². The van der Waals surface area contributed by atoms with Crippen molar-refractivity contribution in [2.45, 2.75) is 0 Å². The summed E-state index contributed by atoms with van der Waals surface area (Å²) in [6.45, 7) is -0.147. The molecule has 1 heterocycles. The van der Waals surface area contributed by atoms with Crippen LogP contribution in [0.4, 0.5) is 0 Å². The third kappa shape index (κ3) is 5.08. The van der Waals surface area contributed by atoms with E-state index in [-0.39, 0.29) is 19.8 Å². The zero-order chi connectivity index (χ0) is 20.1. The van der Waals surface area contributed by atoms with E-state index < -0.39 is 11.9 Å². The fourth-order valence-corrected chi connectivity index (χ4v) is 4.24. The topological polar surface area (TPSA) is 64.6 Å². The number of rotatable bonds is 7. The van der Waals surface area contributed by atoms with Crippen LogP contribution in [0.2, 0.25) is 15.1 Å². The highest BCUT2D eigenvalue weighted by molar-refractivity contribution is 7.21. The minimum atomic E-state index is -0.587. The summed E-state index contributed by atoms with van der Waals surface area (Å²) in [5.41, 5.74) is 0. The molecule has 0 aliphatic carbocycles. The second kappa shape index (κ2) is 9.47. The number of benzene rings is 2. The van der Waals surface area contributed by atoms with Crippen LogP contribution in [0.25, 0.3) is 10.1 Å². The van der Waals surface area contributed by atoms with Crippen molar-refractivity contribution in [2.75, 3.05) is 19.8 Å². The highest BCUT2D eigenvalue weighted by atomic mass is 35.5. The maximum Gasteiger partial charge on any atom is 0.325 e. The number of esters is 1. The lowest BCUT2D eigenvalue weighted by Gasteiger charge is -2.09. The first-order chi connectivity index (χ1) is 13.5. The first-order valence-corrected chi connectivity index (χ1v) is 10.1. The van der Waals surface area contributed by atoms with Gasteiger partial charge in [0.15, 0.2) is 0 Å². The van der Waals surface area contributed by atoms with Gasteiger partial charge in [0.05, 0.1) is 10.0 Å². The summed E-state index contributed by atoms with van der Waals surface area (Å²) in [4.78, 5) is 24.4. The van der Waals surface area contributed by atoms with Crippen LogP contribution in [0.15, 0.2) is 42.5 Å². The first kappa shape index (κ1) is 20.7. The molecular weight excluding hydrogens is 445 g/mol. The van der Waals surface area contributed by atoms with Crippen LogP contribution in [-0.2, 0) is 9.53 Å². The Kier molecular flexibility index (Phi) is 7.02. The van der Waals surface area contributed by atoms with Gasteiger partial charge < -0.3 is 14.8 Å². The number of fused-ring (bicyclic) bond motifs is 1. The van der Waals surface area contributed by atoms with Gasteiger partial charge in [0, 0.05) is 15.1 Å². The molecule has 146 valence electrons. The van der Waals surface area contributed by atoms with Crippen molar-refractivity contribution in [1.29, 1.82) is 0 Å². The van der Waals surface area contributed by atoms with Crippen LogP contribution in [-0.4, -0.2) is 31.6 Å². The van der Waals surface area contributed by atoms with Crippen molar-refractivity contribution in [3.63, 3.8) is 0 Å². The van der Waals surface area contributed by atoms with E-state index in [0.717, 1.165) is 10.1 Å². The highest BCUT2D eigenvalue weighted by Gasteiger charge is 2.17. The molecule has 0 saturated heterocycles.